The lowest BCUT2D eigenvalue weighted by atomic mass is 9.88. The number of hydrogen-bond acceptors (Lipinski definition) is 5. The summed E-state index contributed by atoms with van der Waals surface area (Å²) >= 11 is 0. The second kappa shape index (κ2) is 12.7. The number of β-amino-alcohol motifs (C(OH)–C–C–N with tert-alkyl or cyclic N) is 1. The minimum atomic E-state index is -0.592. The number of hydrogen-bond donors (Lipinski definition) is 2. The third kappa shape index (κ3) is 8.45. The van der Waals surface area contributed by atoms with Crippen LogP contribution in [0.3, 0.4) is 0 Å². The van der Waals surface area contributed by atoms with Gasteiger partial charge in [0.2, 0.25) is 0 Å². The number of esters is 1. The standard InChI is InChI=1S/C30H43NO4/c1-6-34-29(33)14-12-26-15-21(2)11-13-28(26)22(3)35-20-27(32)19-31-30(4,5)18-23-16-24-9-7-8-10-25(24)17-23/h7-11,13,15,22-23,27,31-32H,6,12,14,16-20H2,1-5H3/t22-,27+/m1/s1. The van der Waals surface area contributed by atoms with Crippen LogP contribution in [0.25, 0.3) is 0 Å². The Labute approximate surface area is 211 Å². The van der Waals surface area contributed by atoms with E-state index < -0.39 is 6.10 Å². The molecule has 5 nitrogen and oxygen atoms in total. The molecule has 2 aromatic rings. The zero-order chi connectivity index (χ0) is 25.4. The first-order valence-electron chi connectivity index (χ1n) is 13.0. The number of ether oxygens (including phenoxy) is 2. The predicted molar refractivity (Wildman–Crippen MR) is 141 cm³/mol. The molecular formula is C30H43NO4. The van der Waals surface area contributed by atoms with Crippen LogP contribution in [0.2, 0.25) is 0 Å². The number of nitrogens with one attached hydrogen (secondary N) is 1. The number of rotatable bonds is 13. The smallest absolute Gasteiger partial charge is 0.306 e. The summed E-state index contributed by atoms with van der Waals surface area (Å²) in [6, 6.07) is 15.0. The Kier molecular flexibility index (Phi) is 9.90. The van der Waals surface area contributed by atoms with Crippen LogP contribution in [0, 0.1) is 12.8 Å². The summed E-state index contributed by atoms with van der Waals surface area (Å²) in [5.41, 5.74) is 6.20. The Morgan fingerprint density at radius 3 is 2.51 bits per heavy atom. The van der Waals surface area contributed by atoms with Crippen molar-refractivity contribution in [3.63, 3.8) is 0 Å². The molecule has 0 radical (unpaired) electrons. The lowest BCUT2D eigenvalue weighted by Crippen LogP contribution is -2.45. The predicted octanol–water partition coefficient (Wildman–Crippen LogP) is 5.10. The second-order valence-electron chi connectivity index (χ2n) is 10.6. The fraction of sp³-hybridized carbons (Fsp3) is 0.567. The van der Waals surface area contributed by atoms with Crippen molar-refractivity contribution in [2.24, 2.45) is 5.92 Å². The molecule has 0 bridgehead atoms. The summed E-state index contributed by atoms with van der Waals surface area (Å²) in [5.74, 6) is 0.456. The summed E-state index contributed by atoms with van der Waals surface area (Å²) in [6.07, 6.45) is 3.55. The number of benzene rings is 2. The minimum absolute atomic E-state index is 0.0590. The third-order valence-electron chi connectivity index (χ3n) is 6.93. The van der Waals surface area contributed by atoms with E-state index in [1.807, 2.05) is 20.8 Å². The molecule has 5 heteroatoms. The van der Waals surface area contributed by atoms with Gasteiger partial charge in [-0.25, -0.2) is 0 Å². The van der Waals surface area contributed by atoms with Gasteiger partial charge in [0, 0.05) is 18.5 Å². The number of aliphatic hydroxyl groups excluding tert-OH is 1. The van der Waals surface area contributed by atoms with Crippen molar-refractivity contribution in [1.82, 2.24) is 5.32 Å². The first-order valence-corrected chi connectivity index (χ1v) is 13.0. The van der Waals surface area contributed by atoms with Gasteiger partial charge in [-0.15, -0.1) is 0 Å². The number of carbonyl (C=O) groups is 1. The van der Waals surface area contributed by atoms with E-state index in [9.17, 15) is 9.90 Å². The molecule has 3 rings (SSSR count). The number of fused-ring (bicyclic) bond motifs is 1. The normalized spacial score (nSPS) is 15.6. The fourth-order valence-electron chi connectivity index (χ4n) is 5.20. The van der Waals surface area contributed by atoms with Crippen LogP contribution in [0.15, 0.2) is 42.5 Å². The van der Waals surface area contributed by atoms with Gasteiger partial charge in [-0.2, -0.15) is 0 Å². The molecule has 0 amide bonds. The fourth-order valence-corrected chi connectivity index (χ4v) is 5.20. The highest BCUT2D eigenvalue weighted by Gasteiger charge is 2.28. The van der Waals surface area contributed by atoms with Gasteiger partial charge in [0.15, 0.2) is 0 Å². The molecule has 192 valence electrons. The molecule has 0 saturated carbocycles. The van der Waals surface area contributed by atoms with Crippen LogP contribution >= 0.6 is 0 Å². The van der Waals surface area contributed by atoms with Gasteiger partial charge in [-0.3, -0.25) is 4.79 Å². The summed E-state index contributed by atoms with van der Waals surface area (Å²) in [5, 5.41) is 14.2. The molecule has 0 unspecified atom stereocenters. The molecule has 0 spiro atoms. The zero-order valence-electron chi connectivity index (χ0n) is 22.1. The lowest BCUT2D eigenvalue weighted by Gasteiger charge is -2.31. The second-order valence-corrected chi connectivity index (χ2v) is 10.6. The van der Waals surface area contributed by atoms with Crippen molar-refractivity contribution in [1.29, 1.82) is 0 Å². The van der Waals surface area contributed by atoms with Gasteiger partial charge in [0.25, 0.3) is 0 Å². The zero-order valence-corrected chi connectivity index (χ0v) is 22.1. The van der Waals surface area contributed by atoms with Gasteiger partial charge >= 0.3 is 5.97 Å². The molecule has 1 aliphatic rings. The third-order valence-corrected chi connectivity index (χ3v) is 6.93. The van der Waals surface area contributed by atoms with E-state index in [0.717, 1.165) is 36.0 Å². The molecule has 35 heavy (non-hydrogen) atoms. The van der Waals surface area contributed by atoms with Crippen LogP contribution in [0.5, 0.6) is 0 Å². The number of aliphatic hydroxyl groups is 1. The Morgan fingerprint density at radius 1 is 1.17 bits per heavy atom. The van der Waals surface area contributed by atoms with E-state index >= 15 is 0 Å². The highest BCUT2D eigenvalue weighted by molar-refractivity contribution is 5.69. The van der Waals surface area contributed by atoms with Crippen LogP contribution in [0.4, 0.5) is 0 Å². The summed E-state index contributed by atoms with van der Waals surface area (Å²) in [6.45, 7) is 11.4. The van der Waals surface area contributed by atoms with Crippen molar-refractivity contribution in [2.75, 3.05) is 19.8 Å². The average Bonchev–Trinajstić information content (AvgIpc) is 3.21. The number of aryl methyl sites for hydroxylation is 2. The maximum atomic E-state index is 11.8. The molecule has 2 atom stereocenters. The molecule has 0 aliphatic heterocycles. The van der Waals surface area contributed by atoms with E-state index in [1.54, 1.807) is 0 Å². The highest BCUT2D eigenvalue weighted by atomic mass is 16.5. The maximum absolute atomic E-state index is 11.8. The average molecular weight is 482 g/mol. The monoisotopic (exact) mass is 481 g/mol. The minimum Gasteiger partial charge on any atom is -0.466 e. The van der Waals surface area contributed by atoms with Crippen LogP contribution in [-0.2, 0) is 33.5 Å². The van der Waals surface area contributed by atoms with Gasteiger partial charge in [0.1, 0.15) is 0 Å². The van der Waals surface area contributed by atoms with E-state index in [-0.39, 0.29) is 24.2 Å². The number of carbonyl (C=O) groups excluding carboxylic acids is 1. The van der Waals surface area contributed by atoms with Gasteiger partial charge in [-0.1, -0.05) is 48.0 Å². The topological polar surface area (TPSA) is 67.8 Å². The molecular weight excluding hydrogens is 438 g/mol. The molecule has 0 saturated heterocycles. The molecule has 2 aromatic carbocycles. The van der Waals surface area contributed by atoms with Crippen molar-refractivity contribution in [2.45, 2.75) is 84.5 Å². The highest BCUT2D eigenvalue weighted by Crippen LogP contribution is 2.32. The van der Waals surface area contributed by atoms with Gasteiger partial charge in [-0.05, 0) is 88.5 Å². The van der Waals surface area contributed by atoms with E-state index in [4.69, 9.17) is 9.47 Å². The van der Waals surface area contributed by atoms with E-state index in [0.29, 0.717) is 31.9 Å². The summed E-state index contributed by atoms with van der Waals surface area (Å²) in [7, 11) is 0. The first kappa shape index (κ1) is 27.4. The largest absolute Gasteiger partial charge is 0.466 e. The Morgan fingerprint density at radius 2 is 1.86 bits per heavy atom. The SMILES string of the molecule is CCOC(=O)CCc1cc(C)ccc1[C@@H](C)OC[C@@H](O)CNC(C)(C)CC1Cc2ccccc2C1. The summed E-state index contributed by atoms with van der Waals surface area (Å²) in [4.78, 5) is 11.8. The van der Waals surface area contributed by atoms with Crippen LogP contribution in [-0.4, -0.2) is 42.5 Å². The summed E-state index contributed by atoms with van der Waals surface area (Å²) < 4.78 is 11.1. The van der Waals surface area contributed by atoms with E-state index in [2.05, 4.69) is 61.6 Å². The molecule has 1 aliphatic carbocycles. The van der Waals surface area contributed by atoms with Gasteiger partial charge in [0.05, 0.1) is 25.4 Å². The van der Waals surface area contributed by atoms with Crippen LogP contribution < -0.4 is 5.32 Å². The maximum Gasteiger partial charge on any atom is 0.306 e. The van der Waals surface area contributed by atoms with Crippen molar-refractivity contribution < 1.29 is 19.4 Å². The first-order chi connectivity index (χ1) is 16.7. The Balaban J connectivity index is 1.45. The van der Waals surface area contributed by atoms with E-state index in [1.165, 1.54) is 11.1 Å². The quantitative estimate of drug-likeness (QED) is 0.390. The van der Waals surface area contributed by atoms with Crippen LogP contribution in [0.1, 0.15) is 74.5 Å². The molecule has 0 fully saturated rings. The lowest BCUT2D eigenvalue weighted by molar-refractivity contribution is -0.143. The van der Waals surface area contributed by atoms with Crippen molar-refractivity contribution in [3.05, 3.63) is 70.3 Å². The Hall–Kier alpha value is -2.21. The van der Waals surface area contributed by atoms with Crippen molar-refractivity contribution >= 4 is 5.97 Å². The van der Waals surface area contributed by atoms with Crippen molar-refractivity contribution in [3.8, 4) is 0 Å². The van der Waals surface area contributed by atoms with Gasteiger partial charge < -0.3 is 19.9 Å². The molecule has 0 aromatic heterocycles. The molecule has 0 heterocycles. The Bertz CT molecular complexity index is 946. The molecule has 2 N–H and O–H groups in total.